The van der Waals surface area contributed by atoms with Crippen molar-refractivity contribution in [1.82, 2.24) is 0 Å². The Morgan fingerprint density at radius 1 is 0.553 bits per heavy atom. The fourth-order valence-electron chi connectivity index (χ4n) is 6.40. The van der Waals surface area contributed by atoms with Crippen LogP contribution in [0.5, 0.6) is 0 Å². The second-order valence-electron chi connectivity index (χ2n) is 10.4. The Morgan fingerprint density at radius 3 is 1.29 bits per heavy atom. The Labute approximate surface area is 247 Å². The number of rotatable bonds is 4. The molecule has 0 amide bonds. The minimum absolute atomic E-state index is 0.826. The molecule has 0 spiro atoms. The second-order valence-corrected chi connectivity index (χ2v) is 23.0. The van der Waals surface area contributed by atoms with Crippen LogP contribution in [0.4, 0.5) is 0 Å². The van der Waals surface area contributed by atoms with Gasteiger partial charge in [0.15, 0.2) is 0 Å². The first kappa shape index (κ1) is 27.7. The van der Waals surface area contributed by atoms with Gasteiger partial charge >= 0.3 is 249 Å². The predicted octanol–water partition coefficient (Wildman–Crippen LogP) is 9.58. The van der Waals surface area contributed by atoms with E-state index in [9.17, 15) is 0 Å². The van der Waals surface area contributed by atoms with Crippen molar-refractivity contribution in [2.45, 2.75) is 25.4 Å². The first-order chi connectivity index (χ1) is 18.4. The Bertz CT molecular complexity index is 1570. The van der Waals surface area contributed by atoms with Crippen LogP contribution in [0.25, 0.3) is 43.8 Å². The van der Waals surface area contributed by atoms with Gasteiger partial charge in [0.25, 0.3) is 0 Å². The summed E-state index contributed by atoms with van der Waals surface area (Å²) < 4.78 is 3.25. The maximum absolute atomic E-state index is 4.93. The van der Waals surface area contributed by atoms with E-state index in [1.165, 1.54) is 54.9 Å². The van der Waals surface area contributed by atoms with Gasteiger partial charge in [0.1, 0.15) is 0 Å². The van der Waals surface area contributed by atoms with Crippen LogP contribution < -0.4 is 8.79 Å². The van der Waals surface area contributed by atoms with Gasteiger partial charge in [-0.15, -0.1) is 0 Å². The molecular weight excluding hydrogens is 643 g/mol. The van der Waals surface area contributed by atoms with Gasteiger partial charge in [-0.25, -0.2) is 0 Å². The van der Waals surface area contributed by atoms with Crippen molar-refractivity contribution in [2.24, 2.45) is 0 Å². The summed E-state index contributed by atoms with van der Waals surface area (Å²) in [6.07, 6.45) is 0. The number of fused-ring (bicyclic) bond motifs is 2. The van der Waals surface area contributed by atoms with Crippen LogP contribution in [0, 0.1) is 13.8 Å². The summed E-state index contributed by atoms with van der Waals surface area (Å²) in [4.78, 5) is 0. The van der Waals surface area contributed by atoms with E-state index < -0.39 is 34.1 Å². The van der Waals surface area contributed by atoms with Crippen molar-refractivity contribution < 1.29 is 20.8 Å². The zero-order valence-electron chi connectivity index (χ0n) is 22.1. The third-order valence-corrected chi connectivity index (χ3v) is 15.6. The summed E-state index contributed by atoms with van der Waals surface area (Å²) in [7, 11) is 9.87. The summed E-state index contributed by atoms with van der Waals surface area (Å²) in [5.74, 6) is 5.21. The van der Waals surface area contributed by atoms with Crippen LogP contribution in [-0.2, 0) is 20.8 Å². The fourth-order valence-corrected chi connectivity index (χ4v) is 15.2. The van der Waals surface area contributed by atoms with Crippen molar-refractivity contribution in [3.63, 3.8) is 0 Å². The van der Waals surface area contributed by atoms with Gasteiger partial charge in [-0.1, -0.05) is 0 Å². The molecule has 6 aromatic carbocycles. The van der Waals surface area contributed by atoms with Gasteiger partial charge in [0, 0.05) is 0 Å². The molecule has 0 heterocycles. The Morgan fingerprint density at radius 2 is 0.921 bits per heavy atom. The molecule has 188 valence electrons. The molecule has 0 atom stereocenters. The van der Waals surface area contributed by atoms with Gasteiger partial charge in [-0.05, 0) is 0 Å². The molecule has 0 aliphatic heterocycles. The number of benzene rings is 4. The van der Waals surface area contributed by atoms with Crippen LogP contribution in [-0.4, -0.2) is 13.3 Å². The molecule has 0 bridgehead atoms. The average molecular weight is 673 g/mol. The molecule has 0 N–H and O–H groups in total. The fraction of sp³-hybridized carbons (Fsp3) is 0.118. The van der Waals surface area contributed by atoms with Crippen LogP contribution in [0.2, 0.25) is 11.5 Å². The van der Waals surface area contributed by atoms with E-state index in [2.05, 4.69) is 135 Å². The summed E-state index contributed by atoms with van der Waals surface area (Å²) >= 11 is -3.60. The van der Waals surface area contributed by atoms with Gasteiger partial charge in [0.2, 0.25) is 0 Å². The molecule has 0 aliphatic rings. The molecule has 0 saturated heterocycles. The topological polar surface area (TPSA) is 0 Å². The van der Waals surface area contributed by atoms with E-state index in [1.807, 2.05) is 0 Å². The molecule has 0 nitrogen and oxygen atoms in total. The molecule has 0 unspecified atom stereocenters. The standard InChI is InChI=1S/C34H30Ge.2ClH.Zr/c1-23-21-27-17-11-19-29(25-13-7-5-8-14-25)31(27)33(23)35(3,4)34-24(2)22-28-18-12-20-30(32(28)34)26-15-9-6-10-16-26;;;/h5-22H,1-4H3;2*1H;/q-2;;;+4/p-2. The first-order valence-electron chi connectivity index (χ1n) is 12.8. The number of hydrogen-bond acceptors (Lipinski definition) is 0. The normalized spacial score (nSPS) is 11.3. The third-order valence-electron chi connectivity index (χ3n) is 7.65. The summed E-state index contributed by atoms with van der Waals surface area (Å²) in [5, 5.41) is 5.67. The van der Waals surface area contributed by atoms with E-state index in [1.54, 1.807) is 8.79 Å². The van der Waals surface area contributed by atoms with Crippen LogP contribution >= 0.6 is 17.0 Å². The van der Waals surface area contributed by atoms with Crippen molar-refractivity contribution >= 4 is 60.6 Å². The van der Waals surface area contributed by atoms with Crippen LogP contribution in [0.15, 0.2) is 109 Å². The number of hydrogen-bond donors (Lipinski definition) is 0. The zero-order chi connectivity index (χ0) is 26.9. The van der Waals surface area contributed by atoms with E-state index in [4.69, 9.17) is 17.0 Å². The molecular formula is C34H30Cl2GeZr. The van der Waals surface area contributed by atoms with Crippen molar-refractivity contribution in [1.29, 1.82) is 0 Å². The Balaban J connectivity index is 0.000000937. The molecule has 0 aliphatic carbocycles. The van der Waals surface area contributed by atoms with Crippen molar-refractivity contribution in [2.75, 3.05) is 0 Å². The van der Waals surface area contributed by atoms with E-state index >= 15 is 0 Å². The SMILES string of the molecule is Cc1[cH-]c2cccc(-c3ccccc3)c2[c]1[Ge]([CH3])([CH3])[c]1c(C)[cH-]c2cccc(-c3ccccc3)c12.[Cl][Zr+2][Cl]. The van der Waals surface area contributed by atoms with Gasteiger partial charge in [-0.3, -0.25) is 0 Å². The van der Waals surface area contributed by atoms with Gasteiger partial charge in [-0.2, -0.15) is 0 Å². The molecule has 4 heteroatoms. The molecule has 0 fully saturated rings. The molecule has 6 rings (SSSR count). The minimum atomic E-state index is -2.77. The van der Waals surface area contributed by atoms with E-state index in [-0.39, 0.29) is 0 Å². The summed E-state index contributed by atoms with van der Waals surface area (Å²) in [6, 6.07) is 40.3. The molecule has 0 saturated carbocycles. The van der Waals surface area contributed by atoms with E-state index in [0.717, 1.165) is 0 Å². The summed E-state index contributed by atoms with van der Waals surface area (Å²) in [6.45, 7) is 4.66. The third kappa shape index (κ3) is 5.04. The first-order valence-corrected chi connectivity index (χ1v) is 25.5. The predicted molar refractivity (Wildman–Crippen MR) is 168 cm³/mol. The molecule has 0 aromatic heterocycles. The second kappa shape index (κ2) is 11.7. The molecule has 0 radical (unpaired) electrons. The summed E-state index contributed by atoms with van der Waals surface area (Å²) in [5.41, 5.74) is 8.22. The average Bonchev–Trinajstić information content (AvgIpc) is 3.46. The number of halogens is 2. The van der Waals surface area contributed by atoms with Crippen molar-refractivity contribution in [3.8, 4) is 22.3 Å². The molecule has 6 aromatic rings. The maximum atomic E-state index is 4.93. The number of aryl methyl sites for hydroxylation is 2. The van der Waals surface area contributed by atoms with Crippen molar-refractivity contribution in [3.05, 3.63) is 120 Å². The Hall–Kier alpha value is -1.89. The van der Waals surface area contributed by atoms with Crippen LogP contribution in [0.1, 0.15) is 11.1 Å². The molecule has 38 heavy (non-hydrogen) atoms. The monoisotopic (exact) mass is 672 g/mol. The van der Waals surface area contributed by atoms with Gasteiger partial charge in [0.05, 0.1) is 0 Å². The zero-order valence-corrected chi connectivity index (χ0v) is 28.2. The Kier molecular flexibility index (Phi) is 8.51. The van der Waals surface area contributed by atoms with E-state index in [0.29, 0.717) is 0 Å². The van der Waals surface area contributed by atoms with Crippen LogP contribution in [0.3, 0.4) is 0 Å². The van der Waals surface area contributed by atoms with Gasteiger partial charge < -0.3 is 0 Å². The quantitative estimate of drug-likeness (QED) is 0.129.